The van der Waals surface area contributed by atoms with E-state index in [9.17, 15) is 0 Å². The van der Waals surface area contributed by atoms with Crippen LogP contribution in [0.15, 0.2) is 34.9 Å². The van der Waals surface area contributed by atoms with Crippen LogP contribution in [0.2, 0.25) is 0 Å². The SMILES string of the molecule is NC1CCC(Nc2ccnc3ccc(Br)cc23)CC1. The fourth-order valence-electron chi connectivity index (χ4n) is 2.73. The lowest BCUT2D eigenvalue weighted by atomic mass is 9.91. The average Bonchev–Trinajstić information content (AvgIpc) is 2.42. The van der Waals surface area contributed by atoms with E-state index in [0.29, 0.717) is 12.1 Å². The lowest BCUT2D eigenvalue weighted by molar-refractivity contribution is 0.411. The predicted octanol–water partition coefficient (Wildman–Crippen LogP) is 3.68. The van der Waals surface area contributed by atoms with Gasteiger partial charge in [-0.25, -0.2) is 0 Å². The van der Waals surface area contributed by atoms with Crippen LogP contribution in [-0.4, -0.2) is 17.1 Å². The van der Waals surface area contributed by atoms with Crippen LogP contribution in [0.1, 0.15) is 25.7 Å². The molecule has 1 aromatic carbocycles. The number of halogens is 1. The third-order valence-corrected chi connectivity index (χ3v) is 4.33. The number of hydrogen-bond donors (Lipinski definition) is 2. The van der Waals surface area contributed by atoms with Crippen molar-refractivity contribution in [1.29, 1.82) is 0 Å². The van der Waals surface area contributed by atoms with Gasteiger partial charge in [0.2, 0.25) is 0 Å². The Bertz CT molecular complexity index is 577. The number of anilines is 1. The lowest BCUT2D eigenvalue weighted by Crippen LogP contribution is -2.32. The Morgan fingerprint density at radius 1 is 1.16 bits per heavy atom. The van der Waals surface area contributed by atoms with Gasteiger partial charge in [-0.05, 0) is 49.9 Å². The molecule has 1 aliphatic rings. The van der Waals surface area contributed by atoms with Gasteiger partial charge in [0.1, 0.15) is 0 Å². The van der Waals surface area contributed by atoms with Crippen LogP contribution < -0.4 is 11.1 Å². The number of nitrogens with two attached hydrogens (primary N) is 1. The molecule has 1 aromatic heterocycles. The molecule has 3 nitrogen and oxygen atoms in total. The third kappa shape index (κ3) is 2.90. The summed E-state index contributed by atoms with van der Waals surface area (Å²) in [7, 11) is 0. The summed E-state index contributed by atoms with van der Waals surface area (Å²) in [6.07, 6.45) is 6.40. The highest BCUT2D eigenvalue weighted by atomic mass is 79.9. The van der Waals surface area contributed by atoms with E-state index in [1.54, 1.807) is 0 Å². The predicted molar refractivity (Wildman–Crippen MR) is 83.3 cm³/mol. The largest absolute Gasteiger partial charge is 0.382 e. The number of benzene rings is 1. The van der Waals surface area contributed by atoms with Gasteiger partial charge < -0.3 is 11.1 Å². The van der Waals surface area contributed by atoms with Gasteiger partial charge in [-0.3, -0.25) is 4.98 Å². The molecule has 0 aliphatic heterocycles. The van der Waals surface area contributed by atoms with Gasteiger partial charge in [0.05, 0.1) is 5.52 Å². The normalized spacial score (nSPS) is 23.5. The Morgan fingerprint density at radius 3 is 2.74 bits per heavy atom. The molecule has 0 amide bonds. The summed E-state index contributed by atoms with van der Waals surface area (Å²) < 4.78 is 1.08. The van der Waals surface area contributed by atoms with E-state index in [-0.39, 0.29) is 0 Å². The fourth-order valence-corrected chi connectivity index (χ4v) is 3.09. The average molecular weight is 320 g/mol. The molecule has 1 heterocycles. The molecule has 0 radical (unpaired) electrons. The Morgan fingerprint density at radius 2 is 1.95 bits per heavy atom. The Balaban J connectivity index is 1.86. The molecular weight excluding hydrogens is 302 g/mol. The van der Waals surface area contributed by atoms with Crippen LogP contribution in [0, 0.1) is 0 Å². The number of hydrogen-bond acceptors (Lipinski definition) is 3. The molecule has 3 rings (SSSR count). The molecule has 1 saturated carbocycles. The molecule has 0 atom stereocenters. The minimum atomic E-state index is 0.390. The summed E-state index contributed by atoms with van der Waals surface area (Å²) in [6.45, 7) is 0. The van der Waals surface area contributed by atoms with Crippen molar-refractivity contribution in [2.45, 2.75) is 37.8 Å². The van der Waals surface area contributed by atoms with E-state index in [1.807, 2.05) is 18.3 Å². The van der Waals surface area contributed by atoms with Crippen LogP contribution in [0.25, 0.3) is 10.9 Å². The summed E-state index contributed by atoms with van der Waals surface area (Å²) >= 11 is 3.53. The standard InChI is InChI=1S/C15H18BrN3/c16-10-1-6-14-13(9-10)15(7-8-18-14)19-12-4-2-11(17)3-5-12/h1,6-9,11-12H,2-5,17H2,(H,18,19). The van der Waals surface area contributed by atoms with E-state index in [0.717, 1.165) is 35.7 Å². The number of fused-ring (bicyclic) bond motifs is 1. The number of rotatable bonds is 2. The molecule has 2 aromatic rings. The van der Waals surface area contributed by atoms with Crippen molar-refractivity contribution in [3.8, 4) is 0 Å². The minimum absolute atomic E-state index is 0.390. The summed E-state index contributed by atoms with van der Waals surface area (Å²) in [5.41, 5.74) is 8.16. The topological polar surface area (TPSA) is 50.9 Å². The zero-order chi connectivity index (χ0) is 13.2. The first kappa shape index (κ1) is 12.9. The fraction of sp³-hybridized carbons (Fsp3) is 0.400. The highest BCUT2D eigenvalue weighted by Gasteiger charge is 2.18. The van der Waals surface area contributed by atoms with E-state index >= 15 is 0 Å². The van der Waals surface area contributed by atoms with Crippen LogP contribution in [0.4, 0.5) is 5.69 Å². The van der Waals surface area contributed by atoms with Crippen LogP contribution in [0.5, 0.6) is 0 Å². The van der Waals surface area contributed by atoms with Crippen molar-refractivity contribution in [2.24, 2.45) is 5.73 Å². The van der Waals surface area contributed by atoms with Crippen molar-refractivity contribution in [3.05, 3.63) is 34.9 Å². The molecule has 0 spiro atoms. The van der Waals surface area contributed by atoms with Crippen molar-refractivity contribution in [3.63, 3.8) is 0 Å². The number of nitrogens with one attached hydrogen (secondary N) is 1. The summed E-state index contributed by atoms with van der Waals surface area (Å²) in [6, 6.07) is 9.17. The monoisotopic (exact) mass is 319 g/mol. The summed E-state index contributed by atoms with van der Waals surface area (Å²) in [5.74, 6) is 0. The van der Waals surface area contributed by atoms with Crippen LogP contribution in [0.3, 0.4) is 0 Å². The van der Waals surface area contributed by atoms with Crippen molar-refractivity contribution in [2.75, 3.05) is 5.32 Å². The molecule has 4 heteroatoms. The number of pyridine rings is 1. The van der Waals surface area contributed by atoms with Crippen molar-refractivity contribution < 1.29 is 0 Å². The Labute approximate surface area is 121 Å². The molecule has 3 N–H and O–H groups in total. The zero-order valence-corrected chi connectivity index (χ0v) is 12.4. The van der Waals surface area contributed by atoms with Gasteiger partial charge in [-0.15, -0.1) is 0 Å². The van der Waals surface area contributed by atoms with E-state index in [2.05, 4.69) is 38.4 Å². The highest BCUT2D eigenvalue weighted by molar-refractivity contribution is 9.10. The van der Waals surface area contributed by atoms with Gasteiger partial charge in [-0.2, -0.15) is 0 Å². The summed E-state index contributed by atoms with van der Waals surface area (Å²) in [4.78, 5) is 4.41. The van der Waals surface area contributed by atoms with E-state index in [1.165, 1.54) is 11.1 Å². The number of aromatic nitrogens is 1. The Kier molecular flexibility index (Phi) is 3.71. The van der Waals surface area contributed by atoms with Crippen LogP contribution in [-0.2, 0) is 0 Å². The van der Waals surface area contributed by atoms with Gasteiger partial charge in [0, 0.05) is 33.8 Å². The first-order chi connectivity index (χ1) is 9.22. The quantitative estimate of drug-likeness (QED) is 0.887. The highest BCUT2D eigenvalue weighted by Crippen LogP contribution is 2.28. The first-order valence-corrected chi connectivity index (χ1v) is 7.58. The molecule has 0 unspecified atom stereocenters. The van der Waals surface area contributed by atoms with Crippen LogP contribution >= 0.6 is 15.9 Å². The van der Waals surface area contributed by atoms with Crippen molar-refractivity contribution >= 4 is 32.5 Å². The molecule has 1 fully saturated rings. The zero-order valence-electron chi connectivity index (χ0n) is 10.8. The second kappa shape index (κ2) is 5.47. The van der Waals surface area contributed by atoms with E-state index < -0.39 is 0 Å². The third-order valence-electron chi connectivity index (χ3n) is 3.84. The molecule has 0 bridgehead atoms. The maximum Gasteiger partial charge on any atom is 0.0723 e. The van der Waals surface area contributed by atoms with Gasteiger partial charge in [0.25, 0.3) is 0 Å². The second-order valence-electron chi connectivity index (χ2n) is 5.28. The smallest absolute Gasteiger partial charge is 0.0723 e. The molecule has 100 valence electrons. The van der Waals surface area contributed by atoms with E-state index in [4.69, 9.17) is 5.73 Å². The van der Waals surface area contributed by atoms with Gasteiger partial charge >= 0.3 is 0 Å². The second-order valence-corrected chi connectivity index (χ2v) is 6.19. The van der Waals surface area contributed by atoms with Crippen molar-refractivity contribution in [1.82, 2.24) is 4.98 Å². The molecular formula is C15H18BrN3. The van der Waals surface area contributed by atoms with Gasteiger partial charge in [-0.1, -0.05) is 15.9 Å². The van der Waals surface area contributed by atoms with Gasteiger partial charge in [0.15, 0.2) is 0 Å². The Hall–Kier alpha value is -1.13. The molecule has 0 saturated heterocycles. The minimum Gasteiger partial charge on any atom is -0.382 e. The summed E-state index contributed by atoms with van der Waals surface area (Å²) in [5, 5.41) is 4.83. The number of nitrogens with zero attached hydrogens (tertiary/aromatic N) is 1. The lowest BCUT2D eigenvalue weighted by Gasteiger charge is -2.28. The maximum absolute atomic E-state index is 5.96. The maximum atomic E-state index is 5.96. The molecule has 19 heavy (non-hydrogen) atoms. The molecule has 1 aliphatic carbocycles. The first-order valence-electron chi connectivity index (χ1n) is 6.79.